The third-order valence-corrected chi connectivity index (χ3v) is 4.86. The van der Waals surface area contributed by atoms with Crippen LogP contribution >= 0.6 is 0 Å². The second-order valence-corrected chi connectivity index (χ2v) is 6.85. The maximum atomic E-state index is 12.5. The van der Waals surface area contributed by atoms with E-state index in [4.69, 9.17) is 4.42 Å². The quantitative estimate of drug-likeness (QED) is 0.683. The van der Waals surface area contributed by atoms with Gasteiger partial charge in [0.1, 0.15) is 11.5 Å². The largest absolute Gasteiger partial charge is 0.461 e. The Balaban J connectivity index is 1.38. The first-order chi connectivity index (χ1) is 13.7. The van der Waals surface area contributed by atoms with Gasteiger partial charge in [0, 0.05) is 31.4 Å². The molecule has 5 nitrogen and oxygen atoms in total. The lowest BCUT2D eigenvalue weighted by Gasteiger charge is -2.19. The highest BCUT2D eigenvalue weighted by molar-refractivity contribution is 6.02. The molecule has 0 bridgehead atoms. The number of nitrogens with one attached hydrogen (secondary N) is 1. The van der Waals surface area contributed by atoms with Gasteiger partial charge in [-0.25, -0.2) is 0 Å². The van der Waals surface area contributed by atoms with Crippen molar-refractivity contribution in [3.05, 3.63) is 72.5 Å². The molecule has 0 spiro atoms. The van der Waals surface area contributed by atoms with Crippen molar-refractivity contribution in [3.8, 4) is 11.3 Å². The molecule has 1 aromatic heterocycles. The van der Waals surface area contributed by atoms with Crippen LogP contribution in [0.3, 0.4) is 0 Å². The van der Waals surface area contributed by atoms with Crippen molar-refractivity contribution in [2.45, 2.75) is 25.7 Å². The smallest absolute Gasteiger partial charge is 0.227 e. The van der Waals surface area contributed by atoms with Crippen molar-refractivity contribution in [3.63, 3.8) is 0 Å². The summed E-state index contributed by atoms with van der Waals surface area (Å²) in [5.74, 6) is 1.58. The Kier molecular flexibility index (Phi) is 5.24. The van der Waals surface area contributed by atoms with E-state index < -0.39 is 0 Å². The van der Waals surface area contributed by atoms with E-state index in [2.05, 4.69) is 5.32 Å². The Hall–Kier alpha value is -3.34. The van der Waals surface area contributed by atoms with E-state index in [-0.39, 0.29) is 11.8 Å². The molecule has 0 saturated carbocycles. The van der Waals surface area contributed by atoms with Gasteiger partial charge in [-0.05, 0) is 30.7 Å². The topological polar surface area (TPSA) is 62.6 Å². The van der Waals surface area contributed by atoms with Crippen LogP contribution in [0.15, 0.2) is 71.1 Å². The van der Waals surface area contributed by atoms with E-state index in [0.717, 1.165) is 29.2 Å². The molecule has 1 aliphatic heterocycles. The molecule has 1 fully saturated rings. The summed E-state index contributed by atoms with van der Waals surface area (Å²) in [6, 6.07) is 21.2. The first-order valence-corrected chi connectivity index (χ1v) is 9.54. The van der Waals surface area contributed by atoms with Gasteiger partial charge in [-0.3, -0.25) is 9.59 Å². The minimum absolute atomic E-state index is 0.100. The van der Waals surface area contributed by atoms with E-state index >= 15 is 0 Å². The molecule has 0 aliphatic carbocycles. The Morgan fingerprint density at radius 3 is 2.57 bits per heavy atom. The predicted molar refractivity (Wildman–Crippen MR) is 109 cm³/mol. The van der Waals surface area contributed by atoms with Crippen molar-refractivity contribution in [2.24, 2.45) is 0 Å². The average Bonchev–Trinajstić information content (AvgIpc) is 3.37. The van der Waals surface area contributed by atoms with E-state index in [0.29, 0.717) is 31.5 Å². The number of nitrogens with zero attached hydrogens (tertiary/aromatic N) is 1. The second kappa shape index (κ2) is 8.13. The third kappa shape index (κ3) is 3.98. The normalized spacial score (nSPS) is 13.7. The SMILES string of the molecule is O=C(CCc1ccc(-c2ccccc2)o1)Nc1ccccc1N1CCCC1=O. The zero-order valence-corrected chi connectivity index (χ0v) is 15.6. The molecule has 2 heterocycles. The number of rotatable bonds is 6. The lowest BCUT2D eigenvalue weighted by molar-refractivity contribution is -0.117. The molecule has 5 heteroatoms. The summed E-state index contributed by atoms with van der Waals surface area (Å²) < 4.78 is 5.86. The van der Waals surface area contributed by atoms with Crippen LogP contribution in [0.1, 0.15) is 25.0 Å². The number of aryl methyl sites for hydroxylation is 1. The lowest BCUT2D eigenvalue weighted by atomic mass is 10.2. The zero-order chi connectivity index (χ0) is 19.3. The third-order valence-electron chi connectivity index (χ3n) is 4.86. The molecule has 1 aliphatic rings. The molecule has 28 heavy (non-hydrogen) atoms. The minimum atomic E-state index is -0.100. The summed E-state index contributed by atoms with van der Waals surface area (Å²) in [6.07, 6.45) is 2.24. The fraction of sp³-hybridized carbons (Fsp3) is 0.217. The van der Waals surface area contributed by atoms with Gasteiger partial charge in [-0.15, -0.1) is 0 Å². The Bertz CT molecular complexity index is 978. The van der Waals surface area contributed by atoms with Crippen LogP contribution in [0.4, 0.5) is 11.4 Å². The first kappa shape index (κ1) is 18.0. The highest BCUT2D eigenvalue weighted by Gasteiger charge is 2.24. The molecule has 1 N–H and O–H groups in total. The number of hydrogen-bond donors (Lipinski definition) is 1. The van der Waals surface area contributed by atoms with Crippen LogP contribution < -0.4 is 10.2 Å². The van der Waals surface area contributed by atoms with Crippen LogP contribution in [0.2, 0.25) is 0 Å². The van der Waals surface area contributed by atoms with Gasteiger partial charge in [-0.1, -0.05) is 42.5 Å². The molecular weight excluding hydrogens is 352 g/mol. The van der Waals surface area contributed by atoms with E-state index in [1.165, 1.54) is 0 Å². The Labute approximate surface area is 164 Å². The number of carbonyl (C=O) groups is 2. The maximum absolute atomic E-state index is 12.5. The van der Waals surface area contributed by atoms with Gasteiger partial charge < -0.3 is 14.6 Å². The predicted octanol–water partition coefficient (Wildman–Crippen LogP) is 4.64. The van der Waals surface area contributed by atoms with Crippen LogP contribution in [-0.2, 0) is 16.0 Å². The standard InChI is InChI=1S/C23H22N2O3/c26-22(15-13-18-12-14-21(28-18)17-7-2-1-3-8-17)24-19-9-4-5-10-20(19)25-16-6-11-23(25)27/h1-5,7-10,12,14H,6,11,13,15-16H2,(H,24,26). The number of furan rings is 1. The lowest BCUT2D eigenvalue weighted by Crippen LogP contribution is -2.25. The molecule has 4 rings (SSSR count). The van der Waals surface area contributed by atoms with Crippen molar-refractivity contribution in [1.82, 2.24) is 0 Å². The fourth-order valence-corrected chi connectivity index (χ4v) is 3.44. The van der Waals surface area contributed by atoms with Crippen LogP contribution in [0.5, 0.6) is 0 Å². The summed E-state index contributed by atoms with van der Waals surface area (Å²) in [5.41, 5.74) is 2.46. The Morgan fingerprint density at radius 1 is 1.00 bits per heavy atom. The van der Waals surface area contributed by atoms with E-state index in [1.807, 2.05) is 66.7 Å². The fourth-order valence-electron chi connectivity index (χ4n) is 3.44. The van der Waals surface area contributed by atoms with Gasteiger partial charge in [0.15, 0.2) is 0 Å². The number of carbonyl (C=O) groups excluding carboxylic acids is 2. The van der Waals surface area contributed by atoms with Gasteiger partial charge in [0.25, 0.3) is 0 Å². The summed E-state index contributed by atoms with van der Waals surface area (Å²) >= 11 is 0. The maximum Gasteiger partial charge on any atom is 0.227 e. The van der Waals surface area contributed by atoms with Crippen molar-refractivity contribution < 1.29 is 14.0 Å². The molecule has 2 aromatic carbocycles. The summed E-state index contributed by atoms with van der Waals surface area (Å²) in [4.78, 5) is 26.2. The van der Waals surface area contributed by atoms with Gasteiger partial charge >= 0.3 is 0 Å². The average molecular weight is 374 g/mol. The molecule has 0 atom stereocenters. The van der Waals surface area contributed by atoms with Gasteiger partial charge in [-0.2, -0.15) is 0 Å². The number of anilines is 2. The summed E-state index contributed by atoms with van der Waals surface area (Å²) in [7, 11) is 0. The van der Waals surface area contributed by atoms with Gasteiger partial charge in [0.2, 0.25) is 11.8 Å². The number of amides is 2. The van der Waals surface area contributed by atoms with Crippen LogP contribution in [-0.4, -0.2) is 18.4 Å². The molecule has 142 valence electrons. The second-order valence-electron chi connectivity index (χ2n) is 6.85. The van der Waals surface area contributed by atoms with E-state index in [1.54, 1.807) is 4.90 Å². The van der Waals surface area contributed by atoms with Crippen molar-refractivity contribution in [1.29, 1.82) is 0 Å². The van der Waals surface area contributed by atoms with Crippen molar-refractivity contribution >= 4 is 23.2 Å². The number of para-hydroxylation sites is 2. The number of benzene rings is 2. The monoisotopic (exact) mass is 374 g/mol. The van der Waals surface area contributed by atoms with Crippen LogP contribution in [0, 0.1) is 0 Å². The highest BCUT2D eigenvalue weighted by atomic mass is 16.3. The number of hydrogen-bond acceptors (Lipinski definition) is 3. The van der Waals surface area contributed by atoms with Crippen LogP contribution in [0.25, 0.3) is 11.3 Å². The first-order valence-electron chi connectivity index (χ1n) is 9.54. The summed E-state index contributed by atoms with van der Waals surface area (Å²) in [5, 5.41) is 2.94. The van der Waals surface area contributed by atoms with Crippen molar-refractivity contribution in [2.75, 3.05) is 16.8 Å². The molecule has 1 saturated heterocycles. The molecule has 2 amide bonds. The molecule has 0 unspecified atom stereocenters. The Morgan fingerprint density at radius 2 is 1.79 bits per heavy atom. The van der Waals surface area contributed by atoms with Gasteiger partial charge in [0.05, 0.1) is 11.4 Å². The molecule has 3 aromatic rings. The minimum Gasteiger partial charge on any atom is -0.461 e. The molecule has 0 radical (unpaired) electrons. The summed E-state index contributed by atoms with van der Waals surface area (Å²) in [6.45, 7) is 0.695. The highest BCUT2D eigenvalue weighted by Crippen LogP contribution is 2.29. The molecular formula is C23H22N2O3. The zero-order valence-electron chi connectivity index (χ0n) is 15.6. The van der Waals surface area contributed by atoms with E-state index in [9.17, 15) is 9.59 Å².